The van der Waals surface area contributed by atoms with Crippen molar-refractivity contribution in [2.45, 2.75) is 82.0 Å². The largest absolute Gasteiger partial charge is 0.481 e. The minimum atomic E-state index is -1.30. The van der Waals surface area contributed by atoms with Crippen LogP contribution in [0.1, 0.15) is 56.9 Å². The van der Waals surface area contributed by atoms with Crippen molar-refractivity contribution < 1.29 is 34.2 Å². The number of aliphatic carboxylic acids is 2. The predicted molar refractivity (Wildman–Crippen MR) is 156 cm³/mol. The molecule has 0 fully saturated rings. The molecule has 0 bridgehead atoms. The molecule has 14 heteroatoms. The minimum Gasteiger partial charge on any atom is -0.481 e. The molecule has 3 amide bonds. The smallest absolute Gasteiger partial charge is 0.326 e. The fourth-order valence-corrected chi connectivity index (χ4v) is 4.48. The van der Waals surface area contributed by atoms with Crippen LogP contribution in [0.25, 0.3) is 10.9 Å². The Morgan fingerprint density at radius 3 is 2.00 bits per heavy atom. The van der Waals surface area contributed by atoms with E-state index in [9.17, 15) is 34.2 Å². The van der Waals surface area contributed by atoms with Crippen molar-refractivity contribution in [1.29, 1.82) is 0 Å². The molecule has 0 aliphatic rings. The number of para-hydroxylation sites is 1. The van der Waals surface area contributed by atoms with E-state index in [-0.39, 0.29) is 19.3 Å². The molecular formula is C28H43N7O7. The number of carboxylic acids is 2. The first-order valence-corrected chi connectivity index (χ1v) is 14.1. The third-order valence-electron chi connectivity index (χ3n) is 6.88. The zero-order valence-electron chi connectivity index (χ0n) is 23.6. The van der Waals surface area contributed by atoms with Gasteiger partial charge in [0.25, 0.3) is 0 Å². The SMILES string of the molecule is NCCCCC(N)C(=O)NC(CCC(=O)O)C(=O)NC(Cc1c[nH]c2ccccc12)C(=O)NC(CCCCN)C(=O)O. The summed E-state index contributed by atoms with van der Waals surface area (Å²) < 4.78 is 0. The normalized spacial score (nSPS) is 14.0. The van der Waals surface area contributed by atoms with Crippen molar-refractivity contribution in [3.63, 3.8) is 0 Å². The second kappa shape index (κ2) is 17.7. The van der Waals surface area contributed by atoms with E-state index in [1.54, 1.807) is 6.20 Å². The van der Waals surface area contributed by atoms with E-state index in [0.717, 1.165) is 10.9 Å². The van der Waals surface area contributed by atoms with Gasteiger partial charge in [0.05, 0.1) is 6.04 Å². The first-order valence-electron chi connectivity index (χ1n) is 14.1. The number of carbonyl (C=O) groups is 5. The summed E-state index contributed by atoms with van der Waals surface area (Å²) in [6, 6.07) is 2.66. The molecule has 14 nitrogen and oxygen atoms in total. The molecule has 4 atom stereocenters. The van der Waals surface area contributed by atoms with E-state index < -0.39 is 60.2 Å². The molecule has 2 rings (SSSR count). The summed E-state index contributed by atoms with van der Waals surface area (Å²) in [5, 5.41) is 27.3. The highest BCUT2D eigenvalue weighted by atomic mass is 16.4. The van der Waals surface area contributed by atoms with Crippen molar-refractivity contribution in [2.24, 2.45) is 17.2 Å². The number of carboxylic acid groups (broad SMARTS) is 2. The van der Waals surface area contributed by atoms with Gasteiger partial charge in [0.15, 0.2) is 0 Å². The standard InChI is InChI=1S/C28H43N7O7/c29-13-5-3-8-19(31)25(38)33-21(11-12-24(36)37)26(39)35-23(15-17-16-32-20-9-2-1-7-18(17)20)27(40)34-22(28(41)42)10-4-6-14-30/h1-2,7,9,16,19,21-23,32H,3-6,8,10-15,29-31H2,(H,33,38)(H,34,40)(H,35,39)(H,36,37)(H,41,42). The number of rotatable bonds is 20. The Morgan fingerprint density at radius 2 is 1.36 bits per heavy atom. The zero-order valence-corrected chi connectivity index (χ0v) is 23.6. The lowest BCUT2D eigenvalue weighted by atomic mass is 10.0. The number of fused-ring (bicyclic) bond motifs is 1. The monoisotopic (exact) mass is 589 g/mol. The van der Waals surface area contributed by atoms with Gasteiger partial charge in [-0.15, -0.1) is 0 Å². The average molecular weight is 590 g/mol. The fourth-order valence-electron chi connectivity index (χ4n) is 4.48. The Balaban J connectivity index is 2.28. The van der Waals surface area contributed by atoms with Gasteiger partial charge < -0.3 is 48.3 Å². The first kappa shape index (κ1) is 34.2. The maximum atomic E-state index is 13.4. The third kappa shape index (κ3) is 11.1. The molecular weight excluding hydrogens is 546 g/mol. The number of nitrogens with one attached hydrogen (secondary N) is 4. The van der Waals surface area contributed by atoms with Gasteiger partial charge in [-0.3, -0.25) is 19.2 Å². The molecule has 0 spiro atoms. The van der Waals surface area contributed by atoms with Gasteiger partial charge in [-0.2, -0.15) is 0 Å². The lowest BCUT2D eigenvalue weighted by Gasteiger charge is -2.25. The van der Waals surface area contributed by atoms with Crippen LogP contribution in [-0.2, 0) is 30.4 Å². The van der Waals surface area contributed by atoms with Crippen LogP contribution >= 0.6 is 0 Å². The van der Waals surface area contributed by atoms with Crippen LogP contribution in [0.3, 0.4) is 0 Å². The van der Waals surface area contributed by atoms with Crippen molar-refractivity contribution >= 4 is 40.6 Å². The van der Waals surface area contributed by atoms with Gasteiger partial charge in [0, 0.05) is 29.9 Å². The lowest BCUT2D eigenvalue weighted by Crippen LogP contribution is -2.57. The second-order valence-corrected chi connectivity index (χ2v) is 10.2. The van der Waals surface area contributed by atoms with Crippen molar-refractivity contribution in [1.82, 2.24) is 20.9 Å². The molecule has 1 aromatic heterocycles. The molecule has 42 heavy (non-hydrogen) atoms. The number of H-pyrrole nitrogens is 1. The zero-order chi connectivity index (χ0) is 31.1. The summed E-state index contributed by atoms with van der Waals surface area (Å²) in [4.78, 5) is 65.8. The highest BCUT2D eigenvalue weighted by Gasteiger charge is 2.31. The molecule has 0 saturated carbocycles. The number of amides is 3. The van der Waals surface area contributed by atoms with Gasteiger partial charge >= 0.3 is 11.9 Å². The number of aromatic nitrogens is 1. The summed E-state index contributed by atoms with van der Waals surface area (Å²) in [6.45, 7) is 0.813. The number of aromatic amines is 1. The number of hydrogen-bond donors (Lipinski definition) is 9. The van der Waals surface area contributed by atoms with Crippen LogP contribution in [0.2, 0.25) is 0 Å². The third-order valence-corrected chi connectivity index (χ3v) is 6.88. The van der Waals surface area contributed by atoms with Crippen molar-refractivity contribution in [2.75, 3.05) is 13.1 Å². The Morgan fingerprint density at radius 1 is 0.762 bits per heavy atom. The van der Waals surface area contributed by atoms with E-state index in [4.69, 9.17) is 17.2 Å². The van der Waals surface area contributed by atoms with E-state index >= 15 is 0 Å². The summed E-state index contributed by atoms with van der Waals surface area (Å²) in [6.07, 6.45) is 3.79. The molecule has 12 N–H and O–H groups in total. The number of carbonyl (C=O) groups excluding carboxylic acids is 3. The Hall–Kier alpha value is -4.01. The van der Waals surface area contributed by atoms with Crippen LogP contribution in [0, 0.1) is 0 Å². The van der Waals surface area contributed by atoms with Crippen LogP contribution in [0.5, 0.6) is 0 Å². The summed E-state index contributed by atoms with van der Waals surface area (Å²) >= 11 is 0. The molecule has 0 aliphatic heterocycles. The second-order valence-electron chi connectivity index (χ2n) is 10.2. The Bertz CT molecular complexity index is 1200. The van der Waals surface area contributed by atoms with Gasteiger partial charge in [-0.05, 0) is 63.2 Å². The van der Waals surface area contributed by atoms with Crippen molar-refractivity contribution in [3.05, 3.63) is 36.0 Å². The van der Waals surface area contributed by atoms with Gasteiger partial charge in [0.2, 0.25) is 17.7 Å². The first-order chi connectivity index (χ1) is 20.1. The summed E-state index contributed by atoms with van der Waals surface area (Å²) in [5.74, 6) is -4.58. The molecule has 232 valence electrons. The highest BCUT2D eigenvalue weighted by Crippen LogP contribution is 2.19. The van der Waals surface area contributed by atoms with Crippen LogP contribution in [0.4, 0.5) is 0 Å². The lowest BCUT2D eigenvalue weighted by molar-refractivity contribution is -0.142. The predicted octanol–water partition coefficient (Wildman–Crippen LogP) is -0.300. The average Bonchev–Trinajstić information content (AvgIpc) is 3.36. The van der Waals surface area contributed by atoms with Crippen LogP contribution in [-0.4, -0.2) is 82.1 Å². The van der Waals surface area contributed by atoms with Gasteiger partial charge in [-0.1, -0.05) is 24.6 Å². The number of unbranched alkanes of at least 4 members (excludes halogenated alkanes) is 2. The molecule has 1 heterocycles. The van der Waals surface area contributed by atoms with E-state index in [1.807, 2.05) is 24.3 Å². The van der Waals surface area contributed by atoms with Crippen molar-refractivity contribution in [3.8, 4) is 0 Å². The molecule has 2 aromatic rings. The van der Waals surface area contributed by atoms with Crippen LogP contribution in [0.15, 0.2) is 30.5 Å². The minimum absolute atomic E-state index is 0.00503. The fraction of sp³-hybridized carbons (Fsp3) is 0.536. The van der Waals surface area contributed by atoms with E-state index in [0.29, 0.717) is 50.8 Å². The maximum Gasteiger partial charge on any atom is 0.326 e. The van der Waals surface area contributed by atoms with Gasteiger partial charge in [-0.25, -0.2) is 4.79 Å². The summed E-state index contributed by atoms with van der Waals surface area (Å²) in [5.41, 5.74) is 18.4. The number of hydrogen-bond acceptors (Lipinski definition) is 8. The van der Waals surface area contributed by atoms with E-state index in [1.165, 1.54) is 0 Å². The molecule has 4 unspecified atom stereocenters. The molecule has 0 aliphatic carbocycles. The summed E-state index contributed by atoms with van der Waals surface area (Å²) in [7, 11) is 0. The Labute approximate surface area is 244 Å². The Kier molecular flexibility index (Phi) is 14.4. The molecule has 0 saturated heterocycles. The van der Waals surface area contributed by atoms with Crippen LogP contribution < -0.4 is 33.2 Å². The quantitative estimate of drug-likeness (QED) is 0.0911. The number of nitrogens with two attached hydrogens (primary N) is 3. The van der Waals surface area contributed by atoms with Gasteiger partial charge in [0.1, 0.15) is 18.1 Å². The number of benzene rings is 1. The van der Waals surface area contributed by atoms with E-state index in [2.05, 4.69) is 20.9 Å². The molecule has 1 aromatic carbocycles. The highest BCUT2D eigenvalue weighted by molar-refractivity contribution is 5.95. The topological polar surface area (TPSA) is 256 Å². The maximum absolute atomic E-state index is 13.4. The molecule has 0 radical (unpaired) electrons.